The fourth-order valence-corrected chi connectivity index (χ4v) is 3.42. The summed E-state index contributed by atoms with van der Waals surface area (Å²) in [7, 11) is 4.77. The fraction of sp³-hybridized carbons (Fsp3) is 0.364. The van der Waals surface area contributed by atoms with Gasteiger partial charge in [0.25, 0.3) is 0 Å². The number of Topliss-reactive ketones (excluding diaryl/α,β-unsaturated/α-hetero) is 1. The minimum absolute atomic E-state index is 0.0170. The molecule has 0 saturated carbocycles. The summed E-state index contributed by atoms with van der Waals surface area (Å²) in [5, 5.41) is 0. The predicted molar refractivity (Wildman–Crippen MR) is 105 cm³/mol. The standard InChI is InChI=1S/C22H25NO5/c1-26-18-6-4-5-16(11-18)19(24)7-8-22(25)23-10-9-15-12-20(27-2)21(28-3)13-17(15)14-23/h4-6,11-13H,7-10,14H2,1-3H3. The van der Waals surface area contributed by atoms with Crippen LogP contribution >= 0.6 is 0 Å². The van der Waals surface area contributed by atoms with Crippen LogP contribution in [0, 0.1) is 0 Å². The number of ketones is 1. The number of nitrogens with zero attached hydrogens (tertiary/aromatic N) is 1. The van der Waals surface area contributed by atoms with Gasteiger partial charge in [0.05, 0.1) is 21.3 Å². The summed E-state index contributed by atoms with van der Waals surface area (Å²) in [6.45, 7) is 1.15. The minimum Gasteiger partial charge on any atom is -0.497 e. The third kappa shape index (κ3) is 4.27. The Morgan fingerprint density at radius 3 is 2.32 bits per heavy atom. The predicted octanol–water partition coefficient (Wildman–Crippen LogP) is 3.26. The molecule has 0 atom stereocenters. The van der Waals surface area contributed by atoms with Gasteiger partial charge in [0.1, 0.15) is 5.75 Å². The number of hydrogen-bond acceptors (Lipinski definition) is 5. The van der Waals surface area contributed by atoms with Crippen molar-refractivity contribution in [2.24, 2.45) is 0 Å². The molecule has 148 valence electrons. The molecule has 0 saturated heterocycles. The molecule has 3 rings (SSSR count). The van der Waals surface area contributed by atoms with Gasteiger partial charge < -0.3 is 19.1 Å². The van der Waals surface area contributed by atoms with Crippen LogP contribution in [-0.4, -0.2) is 44.5 Å². The van der Waals surface area contributed by atoms with Crippen molar-refractivity contribution in [2.75, 3.05) is 27.9 Å². The van der Waals surface area contributed by atoms with E-state index in [9.17, 15) is 9.59 Å². The Balaban J connectivity index is 1.62. The van der Waals surface area contributed by atoms with Gasteiger partial charge in [-0.3, -0.25) is 9.59 Å². The lowest BCUT2D eigenvalue weighted by Gasteiger charge is -2.29. The Morgan fingerprint density at radius 2 is 1.64 bits per heavy atom. The number of methoxy groups -OCH3 is 3. The highest BCUT2D eigenvalue weighted by atomic mass is 16.5. The Labute approximate surface area is 165 Å². The van der Waals surface area contributed by atoms with Crippen LogP contribution in [0.2, 0.25) is 0 Å². The summed E-state index contributed by atoms with van der Waals surface area (Å²) in [6, 6.07) is 10.9. The van der Waals surface area contributed by atoms with Crippen molar-refractivity contribution in [1.29, 1.82) is 0 Å². The highest BCUT2D eigenvalue weighted by molar-refractivity contribution is 5.98. The van der Waals surface area contributed by atoms with Gasteiger partial charge in [0.2, 0.25) is 5.91 Å². The van der Waals surface area contributed by atoms with Crippen molar-refractivity contribution >= 4 is 11.7 Å². The smallest absolute Gasteiger partial charge is 0.223 e. The van der Waals surface area contributed by atoms with Gasteiger partial charge in [-0.05, 0) is 41.8 Å². The second-order valence-corrected chi connectivity index (χ2v) is 6.70. The second kappa shape index (κ2) is 8.78. The van der Waals surface area contributed by atoms with Crippen LogP contribution in [0.25, 0.3) is 0 Å². The molecule has 1 amide bonds. The molecule has 1 heterocycles. The van der Waals surface area contributed by atoms with E-state index in [0.717, 1.165) is 17.5 Å². The molecule has 0 unspecified atom stereocenters. The van der Waals surface area contributed by atoms with Crippen LogP contribution < -0.4 is 14.2 Å². The number of benzene rings is 2. The van der Waals surface area contributed by atoms with E-state index in [-0.39, 0.29) is 24.5 Å². The molecule has 6 nitrogen and oxygen atoms in total. The van der Waals surface area contributed by atoms with Gasteiger partial charge in [-0.1, -0.05) is 12.1 Å². The maximum atomic E-state index is 12.6. The first kappa shape index (κ1) is 19.7. The van der Waals surface area contributed by atoms with Crippen molar-refractivity contribution in [2.45, 2.75) is 25.8 Å². The average Bonchev–Trinajstić information content (AvgIpc) is 2.75. The molecule has 2 aromatic rings. The average molecular weight is 383 g/mol. The quantitative estimate of drug-likeness (QED) is 0.687. The van der Waals surface area contributed by atoms with E-state index in [2.05, 4.69) is 0 Å². The minimum atomic E-state index is -0.0592. The zero-order valence-corrected chi connectivity index (χ0v) is 16.5. The van der Waals surface area contributed by atoms with Crippen molar-refractivity contribution in [3.05, 3.63) is 53.1 Å². The summed E-state index contributed by atoms with van der Waals surface area (Å²) in [5.41, 5.74) is 2.78. The highest BCUT2D eigenvalue weighted by Gasteiger charge is 2.23. The maximum absolute atomic E-state index is 12.6. The molecule has 0 fully saturated rings. The summed E-state index contributed by atoms with van der Waals surface area (Å²) in [5.74, 6) is 1.91. The Hall–Kier alpha value is -3.02. The number of hydrogen-bond donors (Lipinski definition) is 0. The summed E-state index contributed by atoms with van der Waals surface area (Å²) < 4.78 is 15.9. The summed E-state index contributed by atoms with van der Waals surface area (Å²) in [6.07, 6.45) is 1.13. The van der Waals surface area contributed by atoms with E-state index in [1.807, 2.05) is 12.1 Å². The van der Waals surface area contributed by atoms with E-state index in [1.54, 1.807) is 50.5 Å². The molecule has 0 spiro atoms. The van der Waals surface area contributed by atoms with Gasteiger partial charge in [0.15, 0.2) is 17.3 Å². The van der Waals surface area contributed by atoms with Crippen LogP contribution in [0.1, 0.15) is 34.3 Å². The van der Waals surface area contributed by atoms with Crippen LogP contribution in [0.4, 0.5) is 0 Å². The number of carbonyl (C=O) groups is 2. The van der Waals surface area contributed by atoms with Gasteiger partial charge in [-0.2, -0.15) is 0 Å². The Kier molecular flexibility index (Phi) is 6.19. The normalized spacial score (nSPS) is 12.9. The second-order valence-electron chi connectivity index (χ2n) is 6.70. The highest BCUT2D eigenvalue weighted by Crippen LogP contribution is 2.33. The molecule has 28 heavy (non-hydrogen) atoms. The SMILES string of the molecule is COc1cccc(C(=O)CCC(=O)N2CCc3cc(OC)c(OC)cc3C2)c1. The van der Waals surface area contributed by atoms with Crippen molar-refractivity contribution in [3.8, 4) is 17.2 Å². The van der Waals surface area contributed by atoms with E-state index in [0.29, 0.717) is 35.9 Å². The lowest BCUT2D eigenvalue weighted by molar-refractivity contribution is -0.132. The largest absolute Gasteiger partial charge is 0.497 e. The van der Waals surface area contributed by atoms with Crippen molar-refractivity contribution < 1.29 is 23.8 Å². The summed E-state index contributed by atoms with van der Waals surface area (Å²) >= 11 is 0. The van der Waals surface area contributed by atoms with Crippen molar-refractivity contribution in [1.82, 2.24) is 4.90 Å². The monoisotopic (exact) mass is 383 g/mol. The third-order valence-electron chi connectivity index (χ3n) is 5.03. The fourth-order valence-electron chi connectivity index (χ4n) is 3.42. The van der Waals surface area contributed by atoms with Gasteiger partial charge in [0, 0.05) is 31.5 Å². The first-order chi connectivity index (χ1) is 13.5. The zero-order chi connectivity index (χ0) is 20.1. The Morgan fingerprint density at radius 1 is 0.929 bits per heavy atom. The third-order valence-corrected chi connectivity index (χ3v) is 5.03. The van der Waals surface area contributed by atoms with Crippen LogP contribution in [-0.2, 0) is 17.8 Å². The molecule has 0 N–H and O–H groups in total. The lowest BCUT2D eigenvalue weighted by Crippen LogP contribution is -2.36. The van der Waals surface area contributed by atoms with E-state index < -0.39 is 0 Å². The molecule has 6 heteroatoms. The molecule has 0 aromatic heterocycles. The van der Waals surface area contributed by atoms with E-state index in [1.165, 1.54) is 0 Å². The number of ether oxygens (including phenoxy) is 3. The number of fused-ring (bicyclic) bond motifs is 1. The maximum Gasteiger partial charge on any atom is 0.223 e. The van der Waals surface area contributed by atoms with Gasteiger partial charge in [-0.25, -0.2) is 0 Å². The van der Waals surface area contributed by atoms with Crippen LogP contribution in [0.3, 0.4) is 0 Å². The van der Waals surface area contributed by atoms with E-state index in [4.69, 9.17) is 14.2 Å². The van der Waals surface area contributed by atoms with Crippen LogP contribution in [0.5, 0.6) is 17.2 Å². The molecule has 0 aliphatic carbocycles. The molecular formula is C22H25NO5. The molecule has 0 radical (unpaired) electrons. The first-order valence-corrected chi connectivity index (χ1v) is 9.24. The molecule has 2 aromatic carbocycles. The van der Waals surface area contributed by atoms with Crippen LogP contribution in [0.15, 0.2) is 36.4 Å². The molecular weight excluding hydrogens is 358 g/mol. The number of rotatable bonds is 7. The number of amides is 1. The molecule has 1 aliphatic heterocycles. The van der Waals surface area contributed by atoms with Gasteiger partial charge >= 0.3 is 0 Å². The molecule has 1 aliphatic rings. The zero-order valence-electron chi connectivity index (χ0n) is 16.5. The lowest BCUT2D eigenvalue weighted by atomic mass is 9.98. The van der Waals surface area contributed by atoms with Gasteiger partial charge in [-0.15, -0.1) is 0 Å². The topological polar surface area (TPSA) is 65.1 Å². The Bertz CT molecular complexity index is 877. The van der Waals surface area contributed by atoms with Crippen molar-refractivity contribution in [3.63, 3.8) is 0 Å². The summed E-state index contributed by atoms with van der Waals surface area (Å²) in [4.78, 5) is 26.8. The van der Waals surface area contributed by atoms with E-state index >= 15 is 0 Å². The first-order valence-electron chi connectivity index (χ1n) is 9.24. The molecule has 0 bridgehead atoms. The number of carbonyl (C=O) groups excluding carboxylic acids is 2.